The highest BCUT2D eigenvalue weighted by Gasteiger charge is 2.35. The third-order valence-electron chi connectivity index (χ3n) is 5.58. The molecule has 0 aromatic heterocycles. The van der Waals surface area contributed by atoms with E-state index < -0.39 is 5.67 Å². The Kier molecular flexibility index (Phi) is 7.01. The summed E-state index contributed by atoms with van der Waals surface area (Å²) in [6, 6.07) is 1.51. The second kappa shape index (κ2) is 9.29. The van der Waals surface area contributed by atoms with Gasteiger partial charge in [0.2, 0.25) is 0 Å². The van der Waals surface area contributed by atoms with Crippen LogP contribution in [0.4, 0.5) is 10.1 Å². The van der Waals surface area contributed by atoms with E-state index in [0.717, 1.165) is 24.9 Å². The van der Waals surface area contributed by atoms with Crippen LogP contribution in [0.25, 0.3) is 0 Å². The lowest BCUT2D eigenvalue weighted by molar-refractivity contribution is 0.0510. The Bertz CT molecular complexity index is 708. The lowest BCUT2D eigenvalue weighted by atomic mass is 9.93. The number of nitrogens with zero attached hydrogens (tertiary/aromatic N) is 1. The first-order valence-electron chi connectivity index (χ1n) is 9.85. The number of amides is 1. The standard InChI is InChI=1S/C20H29ClFN3O3/c1-27-10-3-7-25-8-5-20(22,6-9-25)13-24-19(26)15-12-16(21)17(23)14-4-2-11-28-18(14)15/h12H,2-11,13,23H2,1H3,(H,24,26). The number of nitrogens with one attached hydrogen (secondary N) is 1. The molecule has 1 aromatic rings. The van der Waals surface area contributed by atoms with Crippen LogP contribution in [0, 0.1) is 0 Å². The molecular formula is C20H29ClFN3O3. The molecule has 6 nitrogen and oxygen atoms in total. The fourth-order valence-electron chi connectivity index (χ4n) is 3.82. The number of nitrogens with two attached hydrogens (primary N) is 1. The number of ether oxygens (including phenoxy) is 2. The van der Waals surface area contributed by atoms with Crippen LogP contribution in [0.5, 0.6) is 5.75 Å². The maximum absolute atomic E-state index is 15.1. The fraction of sp³-hybridized carbons (Fsp3) is 0.650. The normalized spacial score (nSPS) is 19.0. The van der Waals surface area contributed by atoms with Gasteiger partial charge in [0.25, 0.3) is 5.91 Å². The fourth-order valence-corrected chi connectivity index (χ4v) is 4.05. The van der Waals surface area contributed by atoms with Crippen molar-refractivity contribution in [2.45, 2.75) is 37.8 Å². The van der Waals surface area contributed by atoms with Gasteiger partial charge in [0.15, 0.2) is 0 Å². The van der Waals surface area contributed by atoms with Crippen LogP contribution in [0.15, 0.2) is 6.07 Å². The molecule has 1 aromatic carbocycles. The van der Waals surface area contributed by atoms with Gasteiger partial charge in [-0.25, -0.2) is 4.39 Å². The number of benzene rings is 1. The molecule has 0 unspecified atom stereocenters. The first kappa shape index (κ1) is 21.1. The van der Waals surface area contributed by atoms with Crippen LogP contribution >= 0.6 is 11.6 Å². The molecule has 0 spiro atoms. The number of carbonyl (C=O) groups excluding carboxylic acids is 1. The van der Waals surface area contributed by atoms with Crippen molar-refractivity contribution in [1.29, 1.82) is 0 Å². The van der Waals surface area contributed by atoms with Gasteiger partial charge in [-0.3, -0.25) is 4.79 Å². The predicted molar refractivity (Wildman–Crippen MR) is 108 cm³/mol. The summed E-state index contributed by atoms with van der Waals surface area (Å²) >= 11 is 6.19. The van der Waals surface area contributed by atoms with Gasteiger partial charge in [-0.05, 0) is 38.2 Å². The first-order valence-corrected chi connectivity index (χ1v) is 10.2. The van der Waals surface area contributed by atoms with Crippen LogP contribution in [-0.2, 0) is 11.2 Å². The van der Waals surface area contributed by atoms with E-state index in [4.69, 9.17) is 26.8 Å². The Morgan fingerprint density at radius 3 is 2.93 bits per heavy atom. The van der Waals surface area contributed by atoms with Gasteiger partial charge >= 0.3 is 0 Å². The molecule has 0 aliphatic carbocycles. The molecule has 8 heteroatoms. The van der Waals surface area contributed by atoms with Crippen molar-refractivity contribution in [3.63, 3.8) is 0 Å². The highest BCUT2D eigenvalue weighted by Crippen LogP contribution is 2.38. The van der Waals surface area contributed by atoms with E-state index in [2.05, 4.69) is 10.2 Å². The van der Waals surface area contributed by atoms with Crippen molar-refractivity contribution < 1.29 is 18.7 Å². The minimum absolute atomic E-state index is 0.0193. The highest BCUT2D eigenvalue weighted by molar-refractivity contribution is 6.33. The third kappa shape index (κ3) is 4.88. The number of likely N-dealkylation sites (tertiary alicyclic amines) is 1. The van der Waals surface area contributed by atoms with Gasteiger partial charge in [0, 0.05) is 38.9 Å². The Morgan fingerprint density at radius 2 is 2.21 bits per heavy atom. The molecule has 1 saturated heterocycles. The molecule has 3 N–H and O–H groups in total. The summed E-state index contributed by atoms with van der Waals surface area (Å²) in [5, 5.41) is 3.07. The van der Waals surface area contributed by atoms with E-state index in [1.807, 2.05) is 0 Å². The minimum Gasteiger partial charge on any atom is -0.492 e. The molecule has 2 aliphatic heterocycles. The average molecular weight is 414 g/mol. The monoisotopic (exact) mass is 413 g/mol. The van der Waals surface area contributed by atoms with E-state index in [1.165, 1.54) is 6.07 Å². The molecule has 3 rings (SSSR count). The summed E-state index contributed by atoms with van der Waals surface area (Å²) in [6.07, 6.45) is 3.28. The maximum Gasteiger partial charge on any atom is 0.255 e. The summed E-state index contributed by atoms with van der Waals surface area (Å²) in [7, 11) is 1.68. The van der Waals surface area contributed by atoms with Gasteiger partial charge < -0.3 is 25.4 Å². The Labute approximate surface area is 170 Å². The second-order valence-electron chi connectivity index (χ2n) is 7.60. The lowest BCUT2D eigenvalue weighted by Crippen LogP contribution is -2.48. The van der Waals surface area contributed by atoms with Crippen molar-refractivity contribution >= 4 is 23.2 Å². The summed E-state index contributed by atoms with van der Waals surface area (Å²) < 4.78 is 25.9. The SMILES string of the molecule is COCCCN1CCC(F)(CNC(=O)c2cc(Cl)c(N)c3c2OCCC3)CC1. The van der Waals surface area contributed by atoms with Crippen molar-refractivity contribution in [1.82, 2.24) is 10.2 Å². The van der Waals surface area contributed by atoms with Gasteiger partial charge in [-0.2, -0.15) is 0 Å². The van der Waals surface area contributed by atoms with Crippen LogP contribution in [0.2, 0.25) is 5.02 Å². The second-order valence-corrected chi connectivity index (χ2v) is 8.01. The van der Waals surface area contributed by atoms with E-state index in [9.17, 15) is 4.79 Å². The number of nitrogen functional groups attached to an aromatic ring is 1. The third-order valence-corrected chi connectivity index (χ3v) is 5.89. The van der Waals surface area contributed by atoms with E-state index in [-0.39, 0.29) is 12.5 Å². The maximum atomic E-state index is 15.1. The summed E-state index contributed by atoms with van der Waals surface area (Å²) in [5.74, 6) is 0.103. The van der Waals surface area contributed by atoms with Crippen molar-refractivity contribution in [2.75, 3.05) is 52.2 Å². The molecule has 2 aliphatic rings. The molecule has 0 saturated carbocycles. The molecule has 2 heterocycles. The molecule has 0 atom stereocenters. The zero-order valence-corrected chi connectivity index (χ0v) is 17.1. The Morgan fingerprint density at radius 1 is 1.46 bits per heavy atom. The molecule has 0 radical (unpaired) electrons. The number of carbonyl (C=O) groups is 1. The number of hydrogen-bond donors (Lipinski definition) is 2. The van der Waals surface area contributed by atoms with Crippen molar-refractivity contribution in [3.8, 4) is 5.75 Å². The Balaban J connectivity index is 1.58. The van der Waals surface area contributed by atoms with Crippen LogP contribution in [0.1, 0.15) is 41.6 Å². The van der Waals surface area contributed by atoms with E-state index in [1.54, 1.807) is 7.11 Å². The predicted octanol–water partition coefficient (Wildman–Crippen LogP) is 2.82. The Hall–Kier alpha value is -1.57. The lowest BCUT2D eigenvalue weighted by Gasteiger charge is -2.36. The van der Waals surface area contributed by atoms with Gasteiger partial charge in [0.1, 0.15) is 11.4 Å². The minimum atomic E-state index is -1.40. The number of alkyl halides is 1. The van der Waals surface area contributed by atoms with E-state index in [0.29, 0.717) is 67.6 Å². The van der Waals surface area contributed by atoms with Crippen molar-refractivity contribution in [3.05, 3.63) is 22.2 Å². The van der Waals surface area contributed by atoms with Gasteiger partial charge in [-0.15, -0.1) is 0 Å². The molecular weight excluding hydrogens is 385 g/mol. The van der Waals surface area contributed by atoms with Crippen LogP contribution in [-0.4, -0.2) is 63.0 Å². The smallest absolute Gasteiger partial charge is 0.255 e. The molecule has 1 fully saturated rings. The van der Waals surface area contributed by atoms with Crippen LogP contribution in [0.3, 0.4) is 0 Å². The average Bonchev–Trinajstić information content (AvgIpc) is 2.71. The number of halogens is 2. The number of rotatable bonds is 7. The zero-order valence-electron chi connectivity index (χ0n) is 16.4. The highest BCUT2D eigenvalue weighted by atomic mass is 35.5. The molecule has 28 heavy (non-hydrogen) atoms. The molecule has 156 valence electrons. The molecule has 1 amide bonds. The molecule has 0 bridgehead atoms. The van der Waals surface area contributed by atoms with E-state index >= 15 is 4.39 Å². The number of piperidine rings is 1. The van der Waals surface area contributed by atoms with Gasteiger partial charge in [0.05, 0.1) is 29.4 Å². The summed E-state index contributed by atoms with van der Waals surface area (Å²) in [4.78, 5) is 15.0. The number of methoxy groups -OCH3 is 1. The summed E-state index contributed by atoms with van der Waals surface area (Å²) in [6.45, 7) is 3.49. The van der Waals surface area contributed by atoms with Gasteiger partial charge in [-0.1, -0.05) is 11.6 Å². The number of fused-ring (bicyclic) bond motifs is 1. The first-order chi connectivity index (χ1) is 13.4. The van der Waals surface area contributed by atoms with Crippen LogP contribution < -0.4 is 15.8 Å². The number of hydrogen-bond acceptors (Lipinski definition) is 5. The summed E-state index contributed by atoms with van der Waals surface area (Å²) in [5.41, 5.74) is 6.18. The number of anilines is 1. The largest absolute Gasteiger partial charge is 0.492 e. The zero-order chi connectivity index (χ0) is 20.1. The quantitative estimate of drug-likeness (QED) is 0.531. The topological polar surface area (TPSA) is 76.8 Å². The van der Waals surface area contributed by atoms with Crippen molar-refractivity contribution in [2.24, 2.45) is 0 Å².